The molecular formula is C15H20N2OS. The topological polar surface area (TPSA) is 36.3 Å². The van der Waals surface area contributed by atoms with Crippen molar-refractivity contribution in [2.24, 2.45) is 0 Å². The van der Waals surface area contributed by atoms with Crippen molar-refractivity contribution in [3.05, 3.63) is 23.8 Å². The highest BCUT2D eigenvalue weighted by molar-refractivity contribution is 7.99. The maximum absolute atomic E-state index is 9.48. The van der Waals surface area contributed by atoms with E-state index >= 15 is 0 Å². The maximum atomic E-state index is 9.48. The molecular weight excluding hydrogens is 256 g/mol. The van der Waals surface area contributed by atoms with E-state index in [0.717, 1.165) is 28.4 Å². The largest absolute Gasteiger partial charge is 0.383 e. The van der Waals surface area contributed by atoms with Crippen LogP contribution in [0.4, 0.5) is 5.69 Å². The first-order chi connectivity index (χ1) is 9.31. The van der Waals surface area contributed by atoms with Crippen molar-refractivity contribution in [1.82, 2.24) is 0 Å². The summed E-state index contributed by atoms with van der Waals surface area (Å²) in [5.74, 6) is 0.986. The number of nitriles is 1. The van der Waals surface area contributed by atoms with Crippen molar-refractivity contribution in [2.45, 2.75) is 30.7 Å². The molecule has 1 saturated carbocycles. The fraction of sp³-hybridized carbons (Fsp3) is 0.533. The normalized spacial score (nSPS) is 14.2. The number of anilines is 1. The third kappa shape index (κ3) is 3.43. The Morgan fingerprint density at radius 2 is 2.26 bits per heavy atom. The van der Waals surface area contributed by atoms with E-state index in [1.54, 1.807) is 18.9 Å². The van der Waals surface area contributed by atoms with Crippen LogP contribution in [0.25, 0.3) is 0 Å². The van der Waals surface area contributed by atoms with Gasteiger partial charge in [-0.15, -0.1) is 11.8 Å². The van der Waals surface area contributed by atoms with Gasteiger partial charge in [-0.05, 0) is 30.7 Å². The SMILES string of the molecule is CCSc1cccc(N(CCOC)C2CC2)c1C#N. The molecule has 3 nitrogen and oxygen atoms in total. The molecule has 1 aromatic rings. The quantitative estimate of drug-likeness (QED) is 0.716. The molecule has 0 bridgehead atoms. The summed E-state index contributed by atoms with van der Waals surface area (Å²) < 4.78 is 5.19. The summed E-state index contributed by atoms with van der Waals surface area (Å²) in [4.78, 5) is 3.42. The molecule has 102 valence electrons. The van der Waals surface area contributed by atoms with Crippen LogP contribution in [0.2, 0.25) is 0 Å². The van der Waals surface area contributed by atoms with Crippen molar-refractivity contribution in [2.75, 3.05) is 30.9 Å². The van der Waals surface area contributed by atoms with Gasteiger partial charge in [-0.1, -0.05) is 13.0 Å². The van der Waals surface area contributed by atoms with E-state index in [9.17, 15) is 5.26 Å². The third-order valence-electron chi connectivity index (χ3n) is 3.25. The van der Waals surface area contributed by atoms with Gasteiger partial charge in [0.15, 0.2) is 0 Å². The van der Waals surface area contributed by atoms with Gasteiger partial charge in [0, 0.05) is 24.6 Å². The molecule has 0 aromatic heterocycles. The van der Waals surface area contributed by atoms with E-state index in [4.69, 9.17) is 4.74 Å². The third-order valence-corrected chi connectivity index (χ3v) is 4.19. The maximum Gasteiger partial charge on any atom is 0.103 e. The predicted octanol–water partition coefficient (Wildman–Crippen LogP) is 3.29. The number of methoxy groups -OCH3 is 1. The average molecular weight is 276 g/mol. The molecule has 19 heavy (non-hydrogen) atoms. The molecule has 0 aliphatic heterocycles. The van der Waals surface area contributed by atoms with E-state index in [2.05, 4.69) is 30.0 Å². The fourth-order valence-electron chi connectivity index (χ4n) is 2.22. The van der Waals surface area contributed by atoms with Crippen molar-refractivity contribution in [1.29, 1.82) is 5.26 Å². The molecule has 0 N–H and O–H groups in total. The number of rotatable bonds is 7. The number of ether oxygens (including phenoxy) is 1. The zero-order chi connectivity index (χ0) is 13.7. The lowest BCUT2D eigenvalue weighted by atomic mass is 10.1. The molecule has 0 amide bonds. The second-order valence-corrected chi connectivity index (χ2v) is 5.92. The van der Waals surface area contributed by atoms with E-state index in [0.29, 0.717) is 12.6 Å². The van der Waals surface area contributed by atoms with Gasteiger partial charge in [-0.3, -0.25) is 0 Å². The molecule has 1 aromatic carbocycles. The second-order valence-electron chi connectivity index (χ2n) is 4.61. The van der Waals surface area contributed by atoms with Crippen molar-refractivity contribution in [3.63, 3.8) is 0 Å². The van der Waals surface area contributed by atoms with Crippen LogP contribution in [0, 0.1) is 11.3 Å². The van der Waals surface area contributed by atoms with Crippen LogP contribution in [0.15, 0.2) is 23.1 Å². The highest BCUT2D eigenvalue weighted by Gasteiger charge is 2.30. The Kier molecular flexibility index (Phi) is 5.12. The molecule has 1 fully saturated rings. The minimum Gasteiger partial charge on any atom is -0.383 e. The first kappa shape index (κ1) is 14.2. The summed E-state index contributed by atoms with van der Waals surface area (Å²) in [6, 6.07) is 9.13. The molecule has 0 radical (unpaired) electrons. The number of hydrogen-bond donors (Lipinski definition) is 0. The van der Waals surface area contributed by atoms with Gasteiger partial charge in [0.2, 0.25) is 0 Å². The average Bonchev–Trinajstić information content (AvgIpc) is 3.24. The summed E-state index contributed by atoms with van der Waals surface area (Å²) in [6.07, 6.45) is 2.44. The van der Waals surface area contributed by atoms with Crippen LogP contribution in [0.1, 0.15) is 25.3 Å². The Balaban J connectivity index is 2.30. The summed E-state index contributed by atoms with van der Waals surface area (Å²) in [5, 5.41) is 9.48. The smallest absolute Gasteiger partial charge is 0.103 e. The van der Waals surface area contributed by atoms with Crippen LogP contribution >= 0.6 is 11.8 Å². The summed E-state index contributed by atoms with van der Waals surface area (Å²) in [5.41, 5.74) is 1.89. The Bertz CT molecular complexity index is 466. The van der Waals surface area contributed by atoms with Gasteiger partial charge in [0.25, 0.3) is 0 Å². The van der Waals surface area contributed by atoms with Crippen molar-refractivity contribution < 1.29 is 4.74 Å². The molecule has 1 aliphatic rings. The predicted molar refractivity (Wildman–Crippen MR) is 79.8 cm³/mol. The second kappa shape index (κ2) is 6.83. The standard InChI is InChI=1S/C15H20N2OS/c1-3-19-15-6-4-5-14(13(15)11-16)17(9-10-18-2)12-7-8-12/h4-6,12H,3,7-10H2,1-2H3. The molecule has 0 atom stereocenters. The highest BCUT2D eigenvalue weighted by Crippen LogP contribution is 2.36. The molecule has 0 unspecified atom stereocenters. The lowest BCUT2D eigenvalue weighted by molar-refractivity contribution is 0.205. The van der Waals surface area contributed by atoms with Crippen molar-refractivity contribution in [3.8, 4) is 6.07 Å². The van der Waals surface area contributed by atoms with E-state index < -0.39 is 0 Å². The van der Waals surface area contributed by atoms with Crippen molar-refractivity contribution >= 4 is 17.4 Å². The molecule has 0 spiro atoms. The Morgan fingerprint density at radius 1 is 1.47 bits per heavy atom. The molecule has 4 heteroatoms. The lowest BCUT2D eigenvalue weighted by Gasteiger charge is -2.26. The van der Waals surface area contributed by atoms with E-state index in [1.165, 1.54) is 12.8 Å². The first-order valence-electron chi connectivity index (χ1n) is 6.73. The zero-order valence-electron chi connectivity index (χ0n) is 11.6. The van der Waals surface area contributed by atoms with Crippen LogP contribution in [0.3, 0.4) is 0 Å². The summed E-state index contributed by atoms with van der Waals surface area (Å²) in [6.45, 7) is 3.67. The van der Waals surface area contributed by atoms with Crippen LogP contribution < -0.4 is 4.90 Å². The molecule has 2 rings (SSSR count). The van der Waals surface area contributed by atoms with Gasteiger partial charge < -0.3 is 9.64 Å². The van der Waals surface area contributed by atoms with Crippen LogP contribution in [-0.4, -0.2) is 32.1 Å². The number of nitrogens with zero attached hydrogens (tertiary/aromatic N) is 2. The fourth-order valence-corrected chi connectivity index (χ4v) is 3.00. The molecule has 1 aliphatic carbocycles. The van der Waals surface area contributed by atoms with E-state index in [1.807, 2.05) is 6.07 Å². The lowest BCUT2D eigenvalue weighted by Crippen LogP contribution is -2.30. The van der Waals surface area contributed by atoms with Gasteiger partial charge in [-0.2, -0.15) is 5.26 Å². The summed E-state index contributed by atoms with van der Waals surface area (Å²) >= 11 is 1.73. The Morgan fingerprint density at radius 3 is 2.84 bits per heavy atom. The van der Waals surface area contributed by atoms with Crippen LogP contribution in [0.5, 0.6) is 0 Å². The van der Waals surface area contributed by atoms with E-state index in [-0.39, 0.29) is 0 Å². The minimum absolute atomic E-state index is 0.587. The highest BCUT2D eigenvalue weighted by atomic mass is 32.2. The minimum atomic E-state index is 0.587. The molecule has 0 saturated heterocycles. The Labute approximate surface area is 119 Å². The van der Waals surface area contributed by atoms with Gasteiger partial charge >= 0.3 is 0 Å². The number of benzene rings is 1. The van der Waals surface area contributed by atoms with Gasteiger partial charge in [0.05, 0.1) is 17.9 Å². The Hall–Kier alpha value is -1.18. The summed E-state index contributed by atoms with van der Waals surface area (Å²) in [7, 11) is 1.72. The molecule has 0 heterocycles. The van der Waals surface area contributed by atoms with Gasteiger partial charge in [-0.25, -0.2) is 0 Å². The van der Waals surface area contributed by atoms with Crippen LogP contribution in [-0.2, 0) is 4.74 Å². The number of thioether (sulfide) groups is 1. The van der Waals surface area contributed by atoms with Gasteiger partial charge in [0.1, 0.15) is 6.07 Å². The first-order valence-corrected chi connectivity index (χ1v) is 7.71. The number of hydrogen-bond acceptors (Lipinski definition) is 4. The zero-order valence-corrected chi connectivity index (χ0v) is 12.4. The monoisotopic (exact) mass is 276 g/mol.